The van der Waals surface area contributed by atoms with E-state index in [1.165, 1.54) is 154 Å². The van der Waals surface area contributed by atoms with Crippen molar-refractivity contribution in [3.63, 3.8) is 0 Å². The van der Waals surface area contributed by atoms with Gasteiger partial charge in [0.05, 0.1) is 38.6 Å². The Bertz CT molecular complexity index is 2170. The van der Waals surface area contributed by atoms with E-state index in [0.29, 0.717) is 12.8 Å². The highest BCUT2D eigenvalue weighted by molar-refractivity contribution is 5.76. The Labute approximate surface area is 596 Å². The molecule has 0 spiro atoms. The maximum absolute atomic E-state index is 13.5. The molecule has 1 amide bonds. The third kappa shape index (κ3) is 40.5. The van der Waals surface area contributed by atoms with E-state index in [4.69, 9.17) is 28.4 Å². The van der Waals surface area contributed by atoms with Crippen LogP contribution in [0.5, 0.6) is 0 Å². The Balaban J connectivity index is 1.40. The highest BCUT2D eigenvalue weighted by atomic mass is 16.8. The van der Waals surface area contributed by atoms with Gasteiger partial charge in [0.2, 0.25) is 5.91 Å². The fourth-order valence-electron chi connectivity index (χ4n) is 12.6. The topological polar surface area (TPSA) is 307 Å². The maximum Gasteiger partial charge on any atom is 0.220 e. The Morgan fingerprint density at radius 3 is 1.13 bits per heavy atom. The van der Waals surface area contributed by atoms with Crippen LogP contribution < -0.4 is 5.32 Å². The van der Waals surface area contributed by atoms with Crippen molar-refractivity contribution in [3.8, 4) is 0 Å². The van der Waals surface area contributed by atoms with E-state index in [1.807, 2.05) is 6.08 Å². The highest BCUT2D eigenvalue weighted by Gasteiger charge is 2.53. The summed E-state index contributed by atoms with van der Waals surface area (Å²) in [6, 6.07) is -1.00. The summed E-state index contributed by atoms with van der Waals surface area (Å²) in [5.41, 5.74) is 0. The van der Waals surface area contributed by atoms with Gasteiger partial charge in [-0.1, -0.05) is 272 Å². The van der Waals surface area contributed by atoms with E-state index < -0.39 is 124 Å². The van der Waals surface area contributed by atoms with E-state index in [1.54, 1.807) is 6.08 Å². The first-order valence-corrected chi connectivity index (χ1v) is 39.0. The molecule has 3 aliphatic heterocycles. The van der Waals surface area contributed by atoms with Crippen molar-refractivity contribution in [3.05, 3.63) is 97.2 Å². The second-order valence-corrected chi connectivity index (χ2v) is 27.4. The number of nitrogens with one attached hydrogen (secondary N) is 1. The van der Waals surface area contributed by atoms with Gasteiger partial charge in [0.1, 0.15) is 73.2 Å². The quantitative estimate of drug-likeness (QED) is 0.0199. The molecule has 0 aromatic rings. The van der Waals surface area contributed by atoms with Crippen molar-refractivity contribution in [1.82, 2.24) is 5.32 Å². The number of carbonyl (C=O) groups excluding carboxylic acids is 1. The number of hydrogen-bond acceptors (Lipinski definition) is 18. The van der Waals surface area contributed by atoms with Crippen LogP contribution in [0.1, 0.15) is 271 Å². The molecule has 12 N–H and O–H groups in total. The van der Waals surface area contributed by atoms with Gasteiger partial charge in [-0.2, -0.15) is 0 Å². The molecule has 17 unspecified atom stereocenters. The Morgan fingerprint density at radius 1 is 0.374 bits per heavy atom. The fourth-order valence-corrected chi connectivity index (χ4v) is 12.6. The van der Waals surface area contributed by atoms with E-state index in [9.17, 15) is 61.0 Å². The molecule has 3 saturated heterocycles. The summed E-state index contributed by atoms with van der Waals surface area (Å²) in [6.07, 6.45) is 53.9. The molecule has 3 aliphatic rings. The average molecular weight is 1400 g/mol. The van der Waals surface area contributed by atoms with E-state index in [2.05, 4.69) is 104 Å². The molecule has 17 atom stereocenters. The van der Waals surface area contributed by atoms with Crippen LogP contribution in [0.4, 0.5) is 0 Å². The number of unbranched alkanes of at least 4 members (excludes halogenated alkanes) is 30. The minimum Gasteiger partial charge on any atom is -0.394 e. The number of amides is 1. The van der Waals surface area contributed by atoms with Crippen molar-refractivity contribution in [2.45, 2.75) is 375 Å². The molecule has 0 saturated carbocycles. The smallest absolute Gasteiger partial charge is 0.220 e. The Kier molecular flexibility index (Phi) is 54.5. The number of rotatable bonds is 60. The zero-order valence-corrected chi connectivity index (χ0v) is 60.9. The average Bonchev–Trinajstić information content (AvgIpc) is 0.577. The number of ether oxygens (including phenoxy) is 6. The summed E-state index contributed by atoms with van der Waals surface area (Å²) in [6.45, 7) is 1.61. The second-order valence-electron chi connectivity index (χ2n) is 27.4. The van der Waals surface area contributed by atoms with Gasteiger partial charge in [-0.3, -0.25) is 4.79 Å². The number of hydrogen-bond donors (Lipinski definition) is 12. The van der Waals surface area contributed by atoms with Gasteiger partial charge >= 0.3 is 0 Å². The molecular formula is C80H139NO18. The zero-order valence-electron chi connectivity index (χ0n) is 60.9. The summed E-state index contributed by atoms with van der Waals surface area (Å²) in [7, 11) is 0. The van der Waals surface area contributed by atoms with Gasteiger partial charge in [0, 0.05) is 6.42 Å². The van der Waals surface area contributed by atoms with Gasteiger partial charge in [0.25, 0.3) is 0 Å². The summed E-state index contributed by atoms with van der Waals surface area (Å²) < 4.78 is 34.4. The number of aliphatic hydroxyl groups excluding tert-OH is 11. The fraction of sp³-hybridized carbons (Fsp3) is 0.787. The van der Waals surface area contributed by atoms with Crippen LogP contribution in [0.15, 0.2) is 97.2 Å². The lowest BCUT2D eigenvalue weighted by Gasteiger charge is -2.48. The predicted octanol–water partition coefficient (Wildman–Crippen LogP) is 12.4. The molecule has 3 heterocycles. The van der Waals surface area contributed by atoms with Crippen LogP contribution in [0.2, 0.25) is 0 Å². The van der Waals surface area contributed by atoms with Gasteiger partial charge in [-0.05, 0) is 89.9 Å². The van der Waals surface area contributed by atoms with Crippen LogP contribution in [0, 0.1) is 0 Å². The van der Waals surface area contributed by atoms with Crippen molar-refractivity contribution in [2.75, 3.05) is 26.4 Å². The molecule has 0 aromatic heterocycles. The largest absolute Gasteiger partial charge is 0.394 e. The summed E-state index contributed by atoms with van der Waals surface area (Å²) in [5.74, 6) is -0.291. The van der Waals surface area contributed by atoms with E-state index in [-0.39, 0.29) is 18.9 Å². The minimum atomic E-state index is -1.99. The Hall–Kier alpha value is -3.29. The van der Waals surface area contributed by atoms with Crippen molar-refractivity contribution in [2.24, 2.45) is 0 Å². The van der Waals surface area contributed by atoms with Crippen molar-refractivity contribution >= 4 is 5.91 Å². The van der Waals surface area contributed by atoms with Gasteiger partial charge in [0.15, 0.2) is 18.9 Å². The van der Waals surface area contributed by atoms with Gasteiger partial charge in [-0.15, -0.1) is 0 Å². The monoisotopic (exact) mass is 1400 g/mol. The van der Waals surface area contributed by atoms with Crippen LogP contribution in [-0.2, 0) is 33.2 Å². The molecule has 0 bridgehead atoms. The third-order valence-electron chi connectivity index (χ3n) is 18.8. The minimum absolute atomic E-state index is 0.227. The number of carbonyl (C=O) groups is 1. The molecule has 572 valence electrons. The molecule has 0 radical (unpaired) electrons. The van der Waals surface area contributed by atoms with Gasteiger partial charge < -0.3 is 89.9 Å². The summed E-state index contributed by atoms with van der Waals surface area (Å²) >= 11 is 0. The van der Waals surface area contributed by atoms with Crippen LogP contribution in [-0.4, -0.2) is 193 Å². The van der Waals surface area contributed by atoms with E-state index in [0.717, 1.165) is 83.5 Å². The second kappa shape index (κ2) is 60.0. The maximum atomic E-state index is 13.5. The van der Waals surface area contributed by atoms with Crippen LogP contribution in [0.3, 0.4) is 0 Å². The van der Waals surface area contributed by atoms with E-state index >= 15 is 0 Å². The molecule has 3 rings (SSSR count). The molecule has 19 nitrogen and oxygen atoms in total. The standard InChI is InChI=1S/C80H139NO18/c1-3-5-7-9-11-13-15-17-19-21-23-25-27-28-29-30-31-32-33-34-36-38-40-42-44-46-48-50-52-54-56-58-68(86)81-63(64(85)57-55-53-51-49-47-45-43-41-39-37-35-26-24-22-20-18-16-14-12-10-8-6-4-2)62-94-78-74(92)71(89)76(66(60-83)96-78)99-80-75(93)72(90)77(67(61-84)97-80)98-79-73(91)70(88)69(87)65(59-82)95-79/h5,7,11,13,17,19,23,25,28-29,39,41,47,49,55,57,63-67,69-80,82-85,87-93H,3-4,6,8-10,12,14-16,18,20-22,24,26-27,30-38,40,42-46,48,50-54,56,58-62H2,1-2H3,(H,81,86)/b7-5-,13-11-,19-17-,25-23-,29-28-,41-39+,49-47+,57-55+. The molecular weight excluding hydrogens is 1260 g/mol. The number of allylic oxidation sites excluding steroid dienone is 15. The lowest BCUT2D eigenvalue weighted by molar-refractivity contribution is -0.379. The Morgan fingerprint density at radius 2 is 0.707 bits per heavy atom. The summed E-state index contributed by atoms with van der Waals surface area (Å²) in [4.78, 5) is 13.5. The highest BCUT2D eigenvalue weighted by Crippen LogP contribution is 2.33. The molecule has 0 aromatic carbocycles. The predicted molar refractivity (Wildman–Crippen MR) is 392 cm³/mol. The number of aliphatic hydroxyl groups is 11. The first-order valence-electron chi connectivity index (χ1n) is 39.0. The third-order valence-corrected chi connectivity index (χ3v) is 18.8. The van der Waals surface area contributed by atoms with Crippen molar-refractivity contribution in [1.29, 1.82) is 0 Å². The SMILES string of the molecule is CC/C=C\C/C=C\C/C=C\C/C=C\C/C=C\CCCCCCCCCCCCCCCCCC(=O)NC(COC1OC(CO)C(OC2OC(CO)C(OC3OC(CO)C(O)C(O)C3O)C(O)C2O)C(O)C1O)C(O)/C=C/CC/C=C/CC/C=C/CCCCCCCCCCCCCCC. The lowest BCUT2D eigenvalue weighted by atomic mass is 9.96. The van der Waals surface area contributed by atoms with Crippen molar-refractivity contribution < 1.29 is 89.4 Å². The molecule has 0 aliphatic carbocycles. The van der Waals surface area contributed by atoms with Crippen LogP contribution >= 0.6 is 0 Å². The van der Waals surface area contributed by atoms with Crippen LogP contribution in [0.25, 0.3) is 0 Å². The first kappa shape index (κ1) is 89.9. The molecule has 19 heteroatoms. The molecule has 3 fully saturated rings. The zero-order chi connectivity index (χ0) is 71.8. The van der Waals surface area contributed by atoms with Gasteiger partial charge in [-0.25, -0.2) is 0 Å². The summed E-state index contributed by atoms with van der Waals surface area (Å²) in [5, 5.41) is 121. The first-order chi connectivity index (χ1) is 48.3. The lowest BCUT2D eigenvalue weighted by Crippen LogP contribution is -2.66. The molecule has 99 heavy (non-hydrogen) atoms. The normalized spacial score (nSPS) is 27.1.